The smallest absolute Gasteiger partial charge is 0.183 e. The molecular weight excluding hydrogens is 428 g/mol. The van der Waals surface area contributed by atoms with Gasteiger partial charge in [0.2, 0.25) is 0 Å². The number of aromatic nitrogens is 1. The fraction of sp³-hybridized carbons (Fsp3) is 0.100. The quantitative estimate of drug-likeness (QED) is 0.443. The maximum Gasteiger partial charge on any atom is 0.183 e. The molecule has 3 rings (SSSR count). The topological polar surface area (TPSA) is 39.2 Å². The van der Waals surface area contributed by atoms with Crippen molar-refractivity contribution in [3.63, 3.8) is 0 Å². The van der Waals surface area contributed by atoms with E-state index in [1.807, 2.05) is 0 Å². The van der Waals surface area contributed by atoms with Gasteiger partial charge in [-0.05, 0) is 54.1 Å². The van der Waals surface area contributed by atoms with Gasteiger partial charge in [-0.1, -0.05) is 46.9 Å². The van der Waals surface area contributed by atoms with Crippen molar-refractivity contribution in [3.05, 3.63) is 93.2 Å². The van der Waals surface area contributed by atoms with Gasteiger partial charge in [0.05, 0.1) is 11.4 Å². The van der Waals surface area contributed by atoms with Crippen LogP contribution < -0.4 is 4.74 Å². The lowest BCUT2D eigenvalue weighted by Crippen LogP contribution is -2.21. The molecule has 0 aliphatic heterocycles. The Morgan fingerprint density at radius 2 is 1.41 bits per heavy atom. The van der Waals surface area contributed by atoms with Gasteiger partial charge < -0.3 is 4.74 Å². The van der Waals surface area contributed by atoms with Crippen molar-refractivity contribution in [3.8, 4) is 5.75 Å². The highest BCUT2D eigenvalue weighted by molar-refractivity contribution is 6.31. The fourth-order valence-corrected chi connectivity index (χ4v) is 2.75. The Hall–Kier alpha value is -1.78. The predicted octanol–water partition coefficient (Wildman–Crippen LogP) is 6.40. The van der Waals surface area contributed by atoms with E-state index in [9.17, 15) is 4.79 Å². The maximum atomic E-state index is 12.9. The molecule has 0 amide bonds. The average molecular weight is 443 g/mol. The number of hydrogen-bond acceptors (Lipinski definition) is 3. The molecule has 1 heterocycles. The van der Waals surface area contributed by atoms with E-state index in [0.717, 1.165) is 0 Å². The Balaban J connectivity index is 0.00000261. The molecule has 27 heavy (non-hydrogen) atoms. The molecule has 0 fully saturated rings. The molecule has 140 valence electrons. The van der Waals surface area contributed by atoms with Crippen LogP contribution in [-0.2, 0) is 11.2 Å². The fourth-order valence-electron chi connectivity index (χ4n) is 2.39. The second-order valence-electron chi connectivity index (χ2n) is 5.61. The van der Waals surface area contributed by atoms with Gasteiger partial charge in [-0.25, -0.2) is 0 Å². The van der Waals surface area contributed by atoms with E-state index in [4.69, 9.17) is 39.5 Å². The van der Waals surface area contributed by atoms with Crippen molar-refractivity contribution < 1.29 is 9.53 Å². The van der Waals surface area contributed by atoms with Crippen LogP contribution in [0, 0.1) is 0 Å². The van der Waals surface area contributed by atoms with Crippen LogP contribution in [0.3, 0.4) is 0 Å². The molecule has 1 atom stereocenters. The van der Waals surface area contributed by atoms with Crippen LogP contribution in [0.4, 0.5) is 0 Å². The van der Waals surface area contributed by atoms with Crippen LogP contribution in [0.2, 0.25) is 15.1 Å². The molecule has 2 aromatic carbocycles. The zero-order chi connectivity index (χ0) is 18.5. The Kier molecular flexibility index (Phi) is 7.93. The summed E-state index contributed by atoms with van der Waals surface area (Å²) in [6, 6.07) is 17.3. The van der Waals surface area contributed by atoms with Crippen LogP contribution in [-0.4, -0.2) is 10.8 Å². The lowest BCUT2D eigenvalue weighted by molar-refractivity contribution is -0.125. The zero-order valence-corrected chi connectivity index (χ0v) is 17.0. The number of carbonyl (C=O) groups is 1. The van der Waals surface area contributed by atoms with Crippen LogP contribution >= 0.6 is 47.2 Å². The number of pyridine rings is 1. The highest BCUT2D eigenvalue weighted by Crippen LogP contribution is 2.26. The SMILES string of the molecule is Cl.O=C(Cc1ccc(Cl)cn1)C(Oc1ccc(Cl)cc1)c1ccc(Cl)cc1. The van der Waals surface area contributed by atoms with Gasteiger partial charge in [0.1, 0.15) is 5.75 Å². The van der Waals surface area contributed by atoms with Crippen LogP contribution in [0.15, 0.2) is 66.9 Å². The third kappa shape index (κ3) is 6.12. The predicted molar refractivity (Wildman–Crippen MR) is 111 cm³/mol. The second kappa shape index (κ2) is 9.95. The molecule has 7 heteroatoms. The molecule has 0 radical (unpaired) electrons. The summed E-state index contributed by atoms with van der Waals surface area (Å²) in [5.41, 5.74) is 1.33. The number of ketones is 1. The summed E-state index contributed by atoms with van der Waals surface area (Å²) >= 11 is 17.7. The minimum absolute atomic E-state index is 0. The first-order chi connectivity index (χ1) is 12.5. The second-order valence-corrected chi connectivity index (χ2v) is 6.92. The third-order valence-corrected chi connectivity index (χ3v) is 4.40. The first-order valence-electron chi connectivity index (χ1n) is 7.82. The first kappa shape index (κ1) is 21.5. The van der Waals surface area contributed by atoms with Gasteiger partial charge in [0.25, 0.3) is 0 Å². The third-order valence-electron chi connectivity index (χ3n) is 3.68. The van der Waals surface area contributed by atoms with Gasteiger partial charge in [-0.15, -0.1) is 12.4 Å². The molecule has 1 unspecified atom stereocenters. The van der Waals surface area contributed by atoms with Crippen molar-refractivity contribution in [2.75, 3.05) is 0 Å². The molecule has 0 saturated heterocycles. The summed E-state index contributed by atoms with van der Waals surface area (Å²) in [6.45, 7) is 0. The Morgan fingerprint density at radius 1 is 0.852 bits per heavy atom. The lowest BCUT2D eigenvalue weighted by Gasteiger charge is -2.19. The van der Waals surface area contributed by atoms with Crippen molar-refractivity contribution in [2.45, 2.75) is 12.5 Å². The average Bonchev–Trinajstić information content (AvgIpc) is 2.64. The van der Waals surface area contributed by atoms with E-state index in [0.29, 0.717) is 32.1 Å². The van der Waals surface area contributed by atoms with Crippen LogP contribution in [0.1, 0.15) is 17.4 Å². The van der Waals surface area contributed by atoms with E-state index < -0.39 is 6.10 Å². The summed E-state index contributed by atoms with van der Waals surface area (Å²) in [6.07, 6.45) is 0.852. The van der Waals surface area contributed by atoms with Crippen molar-refractivity contribution in [2.24, 2.45) is 0 Å². The number of rotatable bonds is 6. The number of hydrogen-bond donors (Lipinski definition) is 0. The lowest BCUT2D eigenvalue weighted by atomic mass is 10.0. The van der Waals surface area contributed by atoms with E-state index in [1.165, 1.54) is 6.20 Å². The van der Waals surface area contributed by atoms with E-state index in [2.05, 4.69) is 4.98 Å². The zero-order valence-electron chi connectivity index (χ0n) is 13.9. The minimum Gasteiger partial charge on any atom is -0.478 e. The van der Waals surface area contributed by atoms with Gasteiger partial charge in [0.15, 0.2) is 11.9 Å². The molecule has 1 aromatic heterocycles. The number of carbonyl (C=O) groups excluding carboxylic acids is 1. The standard InChI is InChI=1S/C20H14Cl3NO2.ClH/c21-14-3-1-13(2-4-14)20(26-18-9-6-15(22)7-10-18)19(25)11-17-8-5-16(23)12-24-17;/h1-10,12,20H,11H2;1H. The highest BCUT2D eigenvalue weighted by atomic mass is 35.5. The molecule has 0 bridgehead atoms. The monoisotopic (exact) mass is 441 g/mol. The van der Waals surface area contributed by atoms with Crippen molar-refractivity contribution in [1.82, 2.24) is 4.98 Å². The van der Waals surface area contributed by atoms with Crippen LogP contribution in [0.5, 0.6) is 5.75 Å². The number of halogens is 4. The van der Waals surface area contributed by atoms with Crippen molar-refractivity contribution >= 4 is 53.0 Å². The van der Waals surface area contributed by atoms with Crippen LogP contribution in [0.25, 0.3) is 0 Å². The van der Waals surface area contributed by atoms with Gasteiger partial charge >= 0.3 is 0 Å². The van der Waals surface area contributed by atoms with Crippen molar-refractivity contribution in [1.29, 1.82) is 0 Å². The summed E-state index contributed by atoms with van der Waals surface area (Å²) in [4.78, 5) is 17.1. The molecule has 3 nitrogen and oxygen atoms in total. The first-order valence-corrected chi connectivity index (χ1v) is 8.95. The number of nitrogens with zero attached hydrogens (tertiary/aromatic N) is 1. The summed E-state index contributed by atoms with van der Waals surface area (Å²) in [5, 5.41) is 1.70. The molecular formula is C20H15Cl4NO2. The largest absolute Gasteiger partial charge is 0.478 e. The highest BCUT2D eigenvalue weighted by Gasteiger charge is 2.23. The minimum atomic E-state index is -0.786. The van der Waals surface area contributed by atoms with Gasteiger partial charge in [-0.3, -0.25) is 9.78 Å². The number of Topliss-reactive ketones (excluding diaryl/α,β-unsaturated/α-hetero) is 1. The molecule has 0 N–H and O–H groups in total. The normalized spacial score (nSPS) is 11.4. The van der Waals surface area contributed by atoms with Gasteiger partial charge in [0, 0.05) is 21.9 Å². The number of ether oxygens (including phenoxy) is 1. The Morgan fingerprint density at radius 3 is 1.96 bits per heavy atom. The Bertz CT molecular complexity index is 881. The molecule has 3 aromatic rings. The maximum absolute atomic E-state index is 12.9. The molecule has 0 aliphatic carbocycles. The molecule has 0 aliphatic rings. The summed E-state index contributed by atoms with van der Waals surface area (Å²) in [7, 11) is 0. The number of benzene rings is 2. The van der Waals surface area contributed by atoms with Gasteiger partial charge in [-0.2, -0.15) is 0 Å². The summed E-state index contributed by atoms with van der Waals surface area (Å²) in [5.74, 6) is 0.420. The Labute approximate surface area is 178 Å². The van der Waals surface area contributed by atoms with E-state index in [-0.39, 0.29) is 24.6 Å². The van der Waals surface area contributed by atoms with E-state index >= 15 is 0 Å². The van der Waals surface area contributed by atoms with E-state index in [1.54, 1.807) is 60.7 Å². The molecule has 0 spiro atoms. The summed E-state index contributed by atoms with van der Waals surface area (Å²) < 4.78 is 5.95. The molecule has 0 saturated carbocycles.